The van der Waals surface area contributed by atoms with Crippen molar-refractivity contribution in [1.29, 1.82) is 0 Å². The molecule has 4 heterocycles. The van der Waals surface area contributed by atoms with Crippen molar-refractivity contribution < 1.29 is 4.74 Å². The van der Waals surface area contributed by atoms with Crippen LogP contribution in [-0.2, 0) is 4.74 Å². The van der Waals surface area contributed by atoms with Gasteiger partial charge in [-0.3, -0.25) is 9.47 Å². The third-order valence-electron chi connectivity index (χ3n) is 6.51. The Hall–Kier alpha value is -2.61. The van der Waals surface area contributed by atoms with E-state index in [2.05, 4.69) is 52.2 Å². The molecule has 2 fully saturated rings. The standard InChI is InChI=1S/C23H29N6O/c1-29(11-6-17(15-24)16-29)23-22-21(25-7-8-26-22)14-20(27-23)18-2-4-19(5-3-18)28-9-12-30-13-10-28/h2-5,7-8,14,17H,6,9-13,15-16,24H2,1H3/q+1/t17?,29-/m0/s1. The number of anilines is 1. The zero-order chi connectivity index (χ0) is 20.6. The molecule has 0 amide bonds. The molecule has 5 rings (SSSR count). The Morgan fingerprint density at radius 1 is 1.13 bits per heavy atom. The molecule has 7 nitrogen and oxygen atoms in total. The Kier molecular flexibility index (Phi) is 5.10. The van der Waals surface area contributed by atoms with E-state index in [1.807, 2.05) is 0 Å². The van der Waals surface area contributed by atoms with Crippen LogP contribution in [0.25, 0.3) is 22.3 Å². The molecule has 0 radical (unpaired) electrons. The van der Waals surface area contributed by atoms with Crippen molar-refractivity contribution >= 4 is 22.5 Å². The van der Waals surface area contributed by atoms with Crippen molar-refractivity contribution in [3.63, 3.8) is 0 Å². The first-order valence-corrected chi connectivity index (χ1v) is 10.8. The first-order valence-electron chi connectivity index (χ1n) is 10.8. The highest BCUT2D eigenvalue weighted by atomic mass is 16.5. The van der Waals surface area contributed by atoms with Gasteiger partial charge in [0.05, 0.1) is 44.6 Å². The van der Waals surface area contributed by atoms with Crippen LogP contribution in [0.5, 0.6) is 0 Å². The van der Waals surface area contributed by atoms with Crippen LogP contribution < -0.4 is 15.1 Å². The maximum atomic E-state index is 5.97. The highest BCUT2D eigenvalue weighted by Gasteiger charge is 2.39. The fourth-order valence-corrected chi connectivity index (χ4v) is 4.75. The SMILES string of the molecule is C[N@+]1(c2nc(-c3ccc(N4CCOCC4)cc3)cc3nccnc23)CCC(CN)C1. The fourth-order valence-electron chi connectivity index (χ4n) is 4.75. The van der Waals surface area contributed by atoms with E-state index in [-0.39, 0.29) is 0 Å². The zero-order valence-corrected chi connectivity index (χ0v) is 17.5. The zero-order valence-electron chi connectivity index (χ0n) is 17.5. The van der Waals surface area contributed by atoms with Crippen molar-refractivity contribution in [3.8, 4) is 11.3 Å². The summed E-state index contributed by atoms with van der Waals surface area (Å²) in [6.45, 7) is 6.19. The summed E-state index contributed by atoms with van der Waals surface area (Å²) in [6, 6.07) is 10.7. The molecule has 30 heavy (non-hydrogen) atoms. The second-order valence-corrected chi connectivity index (χ2v) is 8.59. The van der Waals surface area contributed by atoms with E-state index in [4.69, 9.17) is 15.5 Å². The Morgan fingerprint density at radius 3 is 2.63 bits per heavy atom. The number of benzene rings is 1. The molecule has 1 unspecified atom stereocenters. The first-order chi connectivity index (χ1) is 14.7. The highest BCUT2D eigenvalue weighted by molar-refractivity contribution is 5.88. The van der Waals surface area contributed by atoms with Gasteiger partial charge in [-0.2, -0.15) is 4.98 Å². The molecule has 2 atom stereocenters. The van der Waals surface area contributed by atoms with Gasteiger partial charge in [0.1, 0.15) is 0 Å². The summed E-state index contributed by atoms with van der Waals surface area (Å²) in [6.07, 6.45) is 4.63. The number of fused-ring (bicyclic) bond motifs is 1. The Morgan fingerprint density at radius 2 is 1.90 bits per heavy atom. The van der Waals surface area contributed by atoms with Gasteiger partial charge >= 0.3 is 0 Å². The molecule has 0 spiro atoms. The van der Waals surface area contributed by atoms with Crippen LogP contribution in [0.4, 0.5) is 11.5 Å². The maximum Gasteiger partial charge on any atom is 0.256 e. The number of morpholine rings is 1. The van der Waals surface area contributed by atoms with Crippen LogP contribution in [0.1, 0.15) is 6.42 Å². The molecule has 2 aliphatic rings. The predicted molar refractivity (Wildman–Crippen MR) is 120 cm³/mol. The molecule has 7 heteroatoms. The summed E-state index contributed by atoms with van der Waals surface area (Å²) in [5, 5.41) is 0. The van der Waals surface area contributed by atoms with Crippen molar-refractivity contribution in [2.75, 3.05) is 57.9 Å². The summed E-state index contributed by atoms with van der Waals surface area (Å²) in [7, 11) is 2.25. The monoisotopic (exact) mass is 405 g/mol. The number of likely N-dealkylation sites (tertiary alicyclic amines) is 1. The van der Waals surface area contributed by atoms with Gasteiger partial charge in [-0.1, -0.05) is 12.1 Å². The van der Waals surface area contributed by atoms with Gasteiger partial charge in [0.2, 0.25) is 0 Å². The van der Waals surface area contributed by atoms with Crippen LogP contribution >= 0.6 is 0 Å². The van der Waals surface area contributed by atoms with E-state index < -0.39 is 0 Å². The Labute approximate surface area is 177 Å². The Balaban J connectivity index is 1.54. The number of hydrogen-bond donors (Lipinski definition) is 1. The third kappa shape index (κ3) is 3.53. The van der Waals surface area contributed by atoms with Crippen molar-refractivity contribution in [2.24, 2.45) is 11.7 Å². The molecule has 2 aromatic heterocycles. The average Bonchev–Trinajstić information content (AvgIpc) is 3.21. The third-order valence-corrected chi connectivity index (χ3v) is 6.51. The van der Waals surface area contributed by atoms with Crippen LogP contribution in [0.3, 0.4) is 0 Å². The molecule has 2 aliphatic heterocycles. The van der Waals surface area contributed by atoms with Crippen LogP contribution in [0, 0.1) is 5.92 Å². The highest BCUT2D eigenvalue weighted by Crippen LogP contribution is 2.35. The molecule has 0 aliphatic carbocycles. The quantitative estimate of drug-likeness (QED) is 0.672. The second kappa shape index (κ2) is 7.91. The number of nitrogens with zero attached hydrogens (tertiary/aromatic N) is 5. The van der Waals surface area contributed by atoms with Gasteiger partial charge in [-0.25, -0.2) is 4.98 Å². The molecular formula is C23H29N6O+. The maximum absolute atomic E-state index is 5.97. The summed E-state index contributed by atoms with van der Waals surface area (Å²) in [5.41, 5.74) is 11.0. The molecule has 0 bridgehead atoms. The van der Waals surface area contributed by atoms with Crippen LogP contribution in [0.15, 0.2) is 42.7 Å². The number of hydrogen-bond acceptors (Lipinski definition) is 6. The largest absolute Gasteiger partial charge is 0.378 e. The van der Waals surface area contributed by atoms with E-state index in [0.29, 0.717) is 5.92 Å². The number of pyridine rings is 1. The van der Waals surface area contributed by atoms with E-state index in [0.717, 1.165) is 85.0 Å². The van der Waals surface area contributed by atoms with E-state index in [1.165, 1.54) is 5.69 Å². The predicted octanol–water partition coefficient (Wildman–Crippen LogP) is 2.44. The lowest BCUT2D eigenvalue weighted by atomic mass is 10.1. The van der Waals surface area contributed by atoms with Gasteiger partial charge < -0.3 is 15.4 Å². The number of nitrogens with two attached hydrogens (primary N) is 1. The van der Waals surface area contributed by atoms with Gasteiger partial charge in [-0.15, -0.1) is 0 Å². The normalized spacial score (nSPS) is 24.5. The molecule has 0 saturated carbocycles. The van der Waals surface area contributed by atoms with Gasteiger partial charge in [-0.05, 0) is 18.2 Å². The summed E-state index contributed by atoms with van der Waals surface area (Å²) in [4.78, 5) is 16.7. The van der Waals surface area contributed by atoms with E-state index >= 15 is 0 Å². The van der Waals surface area contributed by atoms with E-state index in [1.54, 1.807) is 12.4 Å². The molecule has 156 valence electrons. The number of rotatable bonds is 4. The van der Waals surface area contributed by atoms with Crippen molar-refractivity contribution in [2.45, 2.75) is 6.42 Å². The van der Waals surface area contributed by atoms with Gasteiger partial charge in [0, 0.05) is 55.6 Å². The smallest absolute Gasteiger partial charge is 0.256 e. The summed E-state index contributed by atoms with van der Waals surface area (Å²) in [5.74, 6) is 1.53. The van der Waals surface area contributed by atoms with Gasteiger partial charge in [0.15, 0.2) is 5.52 Å². The lowest BCUT2D eigenvalue weighted by Gasteiger charge is -2.29. The molecule has 3 aromatic rings. The fraction of sp³-hybridized carbons (Fsp3) is 0.435. The lowest BCUT2D eigenvalue weighted by Crippen LogP contribution is -2.44. The number of aromatic nitrogens is 3. The molecular weight excluding hydrogens is 376 g/mol. The number of ether oxygens (including phenoxy) is 1. The van der Waals surface area contributed by atoms with Gasteiger partial charge in [0.25, 0.3) is 5.82 Å². The van der Waals surface area contributed by atoms with Crippen LogP contribution in [-0.4, -0.2) is 67.9 Å². The second-order valence-electron chi connectivity index (χ2n) is 8.59. The average molecular weight is 406 g/mol. The van der Waals surface area contributed by atoms with Crippen molar-refractivity contribution in [1.82, 2.24) is 19.4 Å². The summed E-state index contributed by atoms with van der Waals surface area (Å²) < 4.78 is 6.23. The minimum absolute atomic E-state index is 0.528. The minimum atomic E-state index is 0.528. The van der Waals surface area contributed by atoms with Crippen molar-refractivity contribution in [3.05, 3.63) is 42.7 Å². The van der Waals surface area contributed by atoms with Crippen LogP contribution in [0.2, 0.25) is 0 Å². The molecule has 2 saturated heterocycles. The molecule has 1 aromatic carbocycles. The lowest BCUT2D eigenvalue weighted by molar-refractivity contribution is 0.122. The topological polar surface area (TPSA) is 77.2 Å². The number of quaternary nitrogens is 1. The van der Waals surface area contributed by atoms with E-state index in [9.17, 15) is 0 Å². The Bertz CT molecular complexity index is 1030. The first kappa shape index (κ1) is 19.4. The minimum Gasteiger partial charge on any atom is -0.378 e. The summed E-state index contributed by atoms with van der Waals surface area (Å²) >= 11 is 0. The molecule has 2 N–H and O–H groups in total.